The van der Waals surface area contributed by atoms with Crippen LogP contribution in [0.2, 0.25) is 0 Å². The molecule has 1 saturated heterocycles. The Morgan fingerprint density at radius 3 is 2.08 bits per heavy atom. The van der Waals surface area contributed by atoms with E-state index in [4.69, 9.17) is 0 Å². The lowest BCUT2D eigenvalue weighted by atomic mass is 9.92. The van der Waals surface area contributed by atoms with E-state index < -0.39 is 10.0 Å². The predicted octanol–water partition coefficient (Wildman–Crippen LogP) is 5.22. The van der Waals surface area contributed by atoms with Gasteiger partial charge in [-0.3, -0.25) is 14.0 Å². The molecule has 0 aliphatic carbocycles. The van der Waals surface area contributed by atoms with Crippen molar-refractivity contribution in [2.24, 2.45) is 5.92 Å². The van der Waals surface area contributed by atoms with Gasteiger partial charge in [-0.1, -0.05) is 48.5 Å². The predicted molar refractivity (Wildman–Crippen MR) is 161 cm³/mol. The SMILES string of the molecule is C[C@H](CN(c1ccccc1)S(=O)(=O)Cc1ccccc1)N1CCC(CC(=O)Nc2ccc(N(C)C)cc2)CC1. The van der Waals surface area contributed by atoms with Crippen molar-refractivity contribution in [1.82, 2.24) is 4.90 Å². The number of para-hydroxylation sites is 1. The van der Waals surface area contributed by atoms with E-state index in [1.54, 1.807) is 4.31 Å². The number of sulfonamides is 1. The van der Waals surface area contributed by atoms with E-state index in [0.29, 0.717) is 24.6 Å². The van der Waals surface area contributed by atoms with Crippen LogP contribution in [0.4, 0.5) is 17.1 Å². The quantitative estimate of drug-likeness (QED) is 0.356. The van der Waals surface area contributed by atoms with E-state index >= 15 is 0 Å². The zero-order valence-corrected chi connectivity index (χ0v) is 24.0. The summed E-state index contributed by atoms with van der Waals surface area (Å²) in [5, 5.41) is 3.03. The van der Waals surface area contributed by atoms with Crippen molar-refractivity contribution in [1.29, 1.82) is 0 Å². The van der Waals surface area contributed by atoms with Crippen LogP contribution in [0.15, 0.2) is 84.9 Å². The Morgan fingerprint density at radius 1 is 0.897 bits per heavy atom. The fourth-order valence-electron chi connectivity index (χ4n) is 5.11. The standard InChI is InChI=1S/C31H40N4O3S/c1-25(23-35(30-12-8-5-9-13-30)39(37,38)24-27-10-6-4-7-11-27)34-20-18-26(19-21-34)22-31(36)32-28-14-16-29(17-15-28)33(2)3/h4-17,25-26H,18-24H2,1-3H3,(H,32,36)/t25-/m1/s1. The van der Waals surface area contributed by atoms with Crippen LogP contribution in [0.1, 0.15) is 31.7 Å². The average molecular weight is 549 g/mol. The second kappa shape index (κ2) is 13.1. The number of hydrogen-bond donors (Lipinski definition) is 1. The fraction of sp³-hybridized carbons (Fsp3) is 0.387. The van der Waals surface area contributed by atoms with E-state index in [1.165, 1.54) is 0 Å². The minimum absolute atomic E-state index is 0.0372. The van der Waals surface area contributed by atoms with Gasteiger partial charge in [0.05, 0.1) is 11.4 Å². The van der Waals surface area contributed by atoms with Crippen LogP contribution in [0, 0.1) is 5.92 Å². The zero-order valence-electron chi connectivity index (χ0n) is 23.2. The normalized spacial score (nSPS) is 15.5. The van der Waals surface area contributed by atoms with Crippen molar-refractivity contribution in [3.63, 3.8) is 0 Å². The maximum Gasteiger partial charge on any atom is 0.239 e. The van der Waals surface area contributed by atoms with Gasteiger partial charge >= 0.3 is 0 Å². The first-order valence-corrected chi connectivity index (χ1v) is 15.2. The molecule has 0 bridgehead atoms. The number of piperidine rings is 1. The van der Waals surface area contributed by atoms with Crippen molar-refractivity contribution in [2.45, 2.75) is 38.0 Å². The van der Waals surface area contributed by atoms with Gasteiger partial charge < -0.3 is 10.2 Å². The molecule has 7 nitrogen and oxygen atoms in total. The van der Waals surface area contributed by atoms with Crippen molar-refractivity contribution >= 4 is 33.0 Å². The van der Waals surface area contributed by atoms with Crippen molar-refractivity contribution in [3.8, 4) is 0 Å². The maximum atomic E-state index is 13.6. The maximum absolute atomic E-state index is 13.6. The summed E-state index contributed by atoms with van der Waals surface area (Å²) >= 11 is 0. The Balaban J connectivity index is 1.32. The Bertz CT molecular complexity index is 1290. The summed E-state index contributed by atoms with van der Waals surface area (Å²) in [5.74, 6) is 0.327. The van der Waals surface area contributed by atoms with E-state index in [1.807, 2.05) is 104 Å². The molecule has 3 aromatic rings. The lowest BCUT2D eigenvalue weighted by Crippen LogP contribution is -2.48. The largest absolute Gasteiger partial charge is 0.378 e. The topological polar surface area (TPSA) is 73.0 Å². The Morgan fingerprint density at radius 2 is 1.49 bits per heavy atom. The highest BCUT2D eigenvalue weighted by molar-refractivity contribution is 7.92. The summed E-state index contributed by atoms with van der Waals surface area (Å²) in [6.07, 6.45) is 2.33. The molecule has 39 heavy (non-hydrogen) atoms. The molecule has 0 aromatic heterocycles. The van der Waals surface area contributed by atoms with E-state index in [0.717, 1.165) is 42.9 Å². The minimum atomic E-state index is -3.58. The molecular formula is C31H40N4O3S. The number of benzene rings is 3. The highest BCUT2D eigenvalue weighted by Crippen LogP contribution is 2.26. The van der Waals surface area contributed by atoms with Crippen LogP contribution in [-0.2, 0) is 20.6 Å². The molecule has 3 aromatic carbocycles. The van der Waals surface area contributed by atoms with Crippen LogP contribution in [-0.4, -0.2) is 59.0 Å². The first-order valence-electron chi connectivity index (χ1n) is 13.6. The molecule has 0 radical (unpaired) electrons. The molecule has 1 heterocycles. The monoisotopic (exact) mass is 548 g/mol. The molecular weight excluding hydrogens is 508 g/mol. The van der Waals surface area contributed by atoms with Crippen molar-refractivity contribution in [2.75, 3.05) is 48.3 Å². The van der Waals surface area contributed by atoms with Gasteiger partial charge in [-0.25, -0.2) is 8.42 Å². The first kappa shape index (κ1) is 28.6. The number of hydrogen-bond acceptors (Lipinski definition) is 5. The number of carbonyl (C=O) groups is 1. The van der Waals surface area contributed by atoms with Crippen LogP contribution >= 0.6 is 0 Å². The van der Waals surface area contributed by atoms with Gasteiger partial charge in [-0.05, 0) is 80.7 Å². The molecule has 1 amide bonds. The number of rotatable bonds is 11. The first-order chi connectivity index (χ1) is 18.7. The molecule has 1 aliphatic heterocycles. The summed E-state index contributed by atoms with van der Waals surface area (Å²) in [5.41, 5.74) is 3.37. The molecule has 4 rings (SSSR count). The molecule has 208 valence electrons. The van der Waals surface area contributed by atoms with Gasteiger partial charge in [0, 0.05) is 44.5 Å². The van der Waals surface area contributed by atoms with Crippen molar-refractivity contribution in [3.05, 3.63) is 90.5 Å². The lowest BCUT2D eigenvalue weighted by molar-refractivity contribution is -0.117. The smallest absolute Gasteiger partial charge is 0.239 e. The third kappa shape index (κ3) is 8.07. The number of anilines is 3. The van der Waals surface area contributed by atoms with Crippen LogP contribution < -0.4 is 14.5 Å². The average Bonchev–Trinajstić information content (AvgIpc) is 2.93. The molecule has 1 atom stereocenters. The summed E-state index contributed by atoms with van der Waals surface area (Å²) < 4.78 is 28.7. The molecule has 0 unspecified atom stereocenters. The highest BCUT2D eigenvalue weighted by atomic mass is 32.2. The number of amides is 1. The van der Waals surface area contributed by atoms with Crippen LogP contribution in [0.25, 0.3) is 0 Å². The summed E-state index contributed by atoms with van der Waals surface area (Å²) in [6.45, 7) is 4.17. The van der Waals surface area contributed by atoms with E-state index in [9.17, 15) is 13.2 Å². The Labute approximate surface area is 233 Å². The van der Waals surface area contributed by atoms with E-state index in [2.05, 4.69) is 17.1 Å². The highest BCUT2D eigenvalue weighted by Gasteiger charge is 2.29. The number of carbonyl (C=O) groups excluding carboxylic acids is 1. The molecule has 1 fully saturated rings. The second-order valence-corrected chi connectivity index (χ2v) is 12.5. The second-order valence-electron chi connectivity index (χ2n) is 10.6. The molecule has 0 saturated carbocycles. The Hall–Kier alpha value is -3.36. The molecule has 0 spiro atoms. The van der Waals surface area contributed by atoms with Gasteiger partial charge in [-0.15, -0.1) is 0 Å². The summed E-state index contributed by atoms with van der Waals surface area (Å²) in [7, 11) is 0.404. The summed E-state index contributed by atoms with van der Waals surface area (Å²) in [6, 6.07) is 26.6. The number of likely N-dealkylation sites (tertiary alicyclic amines) is 1. The molecule has 1 aliphatic rings. The van der Waals surface area contributed by atoms with Gasteiger partial charge in [-0.2, -0.15) is 0 Å². The van der Waals surface area contributed by atoms with Gasteiger partial charge in [0.15, 0.2) is 0 Å². The van der Waals surface area contributed by atoms with Crippen LogP contribution in [0.5, 0.6) is 0 Å². The number of nitrogens with one attached hydrogen (secondary N) is 1. The van der Waals surface area contributed by atoms with Crippen molar-refractivity contribution < 1.29 is 13.2 Å². The summed E-state index contributed by atoms with van der Waals surface area (Å²) in [4.78, 5) is 17.0. The van der Waals surface area contributed by atoms with Gasteiger partial charge in [0.1, 0.15) is 0 Å². The minimum Gasteiger partial charge on any atom is -0.378 e. The lowest BCUT2D eigenvalue weighted by Gasteiger charge is -2.38. The third-order valence-corrected chi connectivity index (χ3v) is 9.15. The van der Waals surface area contributed by atoms with Crippen LogP contribution in [0.3, 0.4) is 0 Å². The van der Waals surface area contributed by atoms with Gasteiger partial charge in [0.2, 0.25) is 15.9 Å². The fourth-order valence-corrected chi connectivity index (χ4v) is 6.76. The number of nitrogens with zero attached hydrogens (tertiary/aromatic N) is 3. The molecule has 1 N–H and O–H groups in total. The zero-order chi connectivity index (χ0) is 27.8. The van der Waals surface area contributed by atoms with E-state index in [-0.39, 0.29) is 17.7 Å². The third-order valence-electron chi connectivity index (χ3n) is 7.42. The molecule has 8 heteroatoms. The van der Waals surface area contributed by atoms with Gasteiger partial charge in [0.25, 0.3) is 0 Å². The Kier molecular flexibility index (Phi) is 9.64.